The van der Waals surface area contributed by atoms with Gasteiger partial charge in [0.2, 0.25) is 5.91 Å². The highest BCUT2D eigenvalue weighted by Gasteiger charge is 2.28. The summed E-state index contributed by atoms with van der Waals surface area (Å²) >= 11 is 0. The molecule has 1 fully saturated rings. The summed E-state index contributed by atoms with van der Waals surface area (Å²) in [4.78, 5) is 24.3. The van der Waals surface area contributed by atoms with Crippen molar-refractivity contribution in [3.63, 3.8) is 0 Å². The number of carboxylic acids is 1. The first-order valence-electron chi connectivity index (χ1n) is 7.05. The fraction of sp³-hybridized carbons (Fsp3) is 0.857. The molecule has 0 saturated heterocycles. The van der Waals surface area contributed by atoms with Crippen molar-refractivity contribution in [3.05, 3.63) is 0 Å². The van der Waals surface area contributed by atoms with E-state index in [0.717, 1.165) is 12.8 Å². The molecule has 19 heavy (non-hydrogen) atoms. The van der Waals surface area contributed by atoms with Crippen LogP contribution in [0.25, 0.3) is 0 Å². The zero-order valence-corrected chi connectivity index (χ0v) is 12.3. The topological polar surface area (TPSA) is 69.6 Å². The standard InChI is InChI=1S/C14H26N2O3/c1-9-6-5-7-12(10(9)2)15-13(17)8-16(4)11(3)14(18)19/h9-12H,5-8H2,1-4H3,(H,15,17)(H,18,19)/t9-,10+,11-,12+/m1/s1. The lowest BCUT2D eigenvalue weighted by Crippen LogP contribution is -2.48. The molecule has 1 aliphatic carbocycles. The van der Waals surface area contributed by atoms with Gasteiger partial charge >= 0.3 is 5.97 Å². The number of aliphatic carboxylic acids is 1. The lowest BCUT2D eigenvalue weighted by Gasteiger charge is -2.35. The van der Waals surface area contributed by atoms with Gasteiger partial charge in [-0.1, -0.05) is 26.7 Å². The van der Waals surface area contributed by atoms with E-state index in [9.17, 15) is 9.59 Å². The number of nitrogens with one attached hydrogen (secondary N) is 1. The molecule has 110 valence electrons. The third kappa shape index (κ3) is 4.49. The Labute approximate surface area is 115 Å². The van der Waals surface area contributed by atoms with Crippen LogP contribution >= 0.6 is 0 Å². The number of likely N-dealkylation sites (N-methyl/N-ethyl adjacent to an activating group) is 1. The molecule has 0 radical (unpaired) electrons. The van der Waals surface area contributed by atoms with Gasteiger partial charge < -0.3 is 10.4 Å². The Hall–Kier alpha value is -1.10. The molecule has 0 aromatic heterocycles. The van der Waals surface area contributed by atoms with E-state index in [-0.39, 0.29) is 18.5 Å². The van der Waals surface area contributed by atoms with Crippen molar-refractivity contribution in [2.75, 3.05) is 13.6 Å². The zero-order chi connectivity index (χ0) is 14.6. The van der Waals surface area contributed by atoms with Gasteiger partial charge in [-0.25, -0.2) is 0 Å². The van der Waals surface area contributed by atoms with Crippen molar-refractivity contribution >= 4 is 11.9 Å². The Bertz CT molecular complexity index is 333. The van der Waals surface area contributed by atoms with E-state index < -0.39 is 12.0 Å². The summed E-state index contributed by atoms with van der Waals surface area (Å²) in [7, 11) is 1.66. The van der Waals surface area contributed by atoms with Crippen molar-refractivity contribution in [1.82, 2.24) is 10.2 Å². The molecule has 4 atom stereocenters. The molecule has 0 spiro atoms. The van der Waals surface area contributed by atoms with E-state index in [4.69, 9.17) is 5.11 Å². The normalized spacial score (nSPS) is 29.0. The van der Waals surface area contributed by atoms with E-state index in [1.807, 2.05) is 0 Å². The first kappa shape index (κ1) is 16.0. The lowest BCUT2D eigenvalue weighted by molar-refractivity contribution is -0.142. The molecule has 5 nitrogen and oxygen atoms in total. The second-order valence-corrected chi connectivity index (χ2v) is 5.87. The van der Waals surface area contributed by atoms with E-state index in [1.165, 1.54) is 6.42 Å². The predicted octanol–water partition coefficient (Wildman–Crippen LogP) is 1.33. The van der Waals surface area contributed by atoms with Gasteiger partial charge in [0.25, 0.3) is 0 Å². The van der Waals surface area contributed by atoms with Crippen LogP contribution < -0.4 is 5.32 Å². The highest BCUT2D eigenvalue weighted by atomic mass is 16.4. The van der Waals surface area contributed by atoms with Crippen LogP contribution in [0, 0.1) is 11.8 Å². The quantitative estimate of drug-likeness (QED) is 0.791. The molecular formula is C14H26N2O3. The average Bonchev–Trinajstić information content (AvgIpc) is 2.33. The zero-order valence-electron chi connectivity index (χ0n) is 12.3. The van der Waals surface area contributed by atoms with Gasteiger partial charge in [-0.2, -0.15) is 0 Å². The summed E-state index contributed by atoms with van der Waals surface area (Å²) in [5, 5.41) is 11.9. The van der Waals surface area contributed by atoms with Crippen molar-refractivity contribution in [2.24, 2.45) is 11.8 Å². The number of hydrogen-bond donors (Lipinski definition) is 2. The monoisotopic (exact) mass is 270 g/mol. The summed E-state index contributed by atoms with van der Waals surface area (Å²) in [6, 6.07) is -0.418. The molecule has 1 aliphatic rings. The number of carbonyl (C=O) groups excluding carboxylic acids is 1. The molecule has 0 aliphatic heterocycles. The fourth-order valence-corrected chi connectivity index (χ4v) is 2.59. The van der Waals surface area contributed by atoms with E-state index in [0.29, 0.717) is 11.8 Å². The van der Waals surface area contributed by atoms with Gasteiger partial charge in [0.1, 0.15) is 6.04 Å². The lowest BCUT2D eigenvalue weighted by atomic mass is 9.78. The minimum absolute atomic E-state index is 0.0819. The van der Waals surface area contributed by atoms with Crippen LogP contribution in [0.5, 0.6) is 0 Å². The third-order valence-electron chi connectivity index (χ3n) is 4.46. The van der Waals surface area contributed by atoms with Crippen LogP contribution in [0.3, 0.4) is 0 Å². The second kappa shape index (κ2) is 6.89. The van der Waals surface area contributed by atoms with Gasteiger partial charge in [0, 0.05) is 6.04 Å². The number of carbonyl (C=O) groups is 2. The largest absolute Gasteiger partial charge is 0.480 e. The smallest absolute Gasteiger partial charge is 0.320 e. The van der Waals surface area contributed by atoms with Crippen LogP contribution in [-0.4, -0.2) is 47.6 Å². The Balaban J connectivity index is 2.44. The highest BCUT2D eigenvalue weighted by molar-refractivity contribution is 5.80. The van der Waals surface area contributed by atoms with Crippen LogP contribution in [-0.2, 0) is 9.59 Å². The number of amides is 1. The molecule has 0 unspecified atom stereocenters. The SMILES string of the molecule is C[C@H]1[C@H](C)CCC[C@@H]1NC(=O)CN(C)[C@H](C)C(=O)O. The van der Waals surface area contributed by atoms with Crippen LogP contribution in [0.15, 0.2) is 0 Å². The Morgan fingerprint density at radius 1 is 1.37 bits per heavy atom. The summed E-state index contributed by atoms with van der Waals surface area (Å²) in [6.07, 6.45) is 3.40. The number of rotatable bonds is 5. The van der Waals surface area contributed by atoms with Gasteiger partial charge in [-0.05, 0) is 32.2 Å². The molecule has 0 aromatic rings. The van der Waals surface area contributed by atoms with E-state index >= 15 is 0 Å². The molecule has 0 heterocycles. The Morgan fingerprint density at radius 3 is 2.58 bits per heavy atom. The number of carboxylic acid groups (broad SMARTS) is 1. The number of hydrogen-bond acceptors (Lipinski definition) is 3. The van der Waals surface area contributed by atoms with Crippen LogP contribution in [0.1, 0.15) is 40.0 Å². The summed E-state index contributed by atoms with van der Waals surface area (Å²) in [5.41, 5.74) is 0. The molecule has 1 saturated carbocycles. The molecule has 1 amide bonds. The fourth-order valence-electron chi connectivity index (χ4n) is 2.59. The van der Waals surface area contributed by atoms with Gasteiger partial charge in [0.05, 0.1) is 6.54 Å². The van der Waals surface area contributed by atoms with Crippen molar-refractivity contribution in [3.8, 4) is 0 Å². The first-order valence-corrected chi connectivity index (χ1v) is 7.05. The maximum absolute atomic E-state index is 12.0. The molecule has 0 aromatic carbocycles. The molecule has 0 bridgehead atoms. The maximum Gasteiger partial charge on any atom is 0.320 e. The minimum Gasteiger partial charge on any atom is -0.480 e. The summed E-state index contributed by atoms with van der Waals surface area (Å²) < 4.78 is 0. The molecule has 2 N–H and O–H groups in total. The van der Waals surface area contributed by atoms with Gasteiger partial charge in [-0.15, -0.1) is 0 Å². The second-order valence-electron chi connectivity index (χ2n) is 5.87. The van der Waals surface area contributed by atoms with Crippen molar-refractivity contribution < 1.29 is 14.7 Å². The van der Waals surface area contributed by atoms with Crippen molar-refractivity contribution in [2.45, 2.75) is 52.1 Å². The van der Waals surface area contributed by atoms with Gasteiger partial charge in [-0.3, -0.25) is 14.5 Å². The van der Waals surface area contributed by atoms with E-state index in [1.54, 1.807) is 18.9 Å². The molecule has 5 heteroatoms. The first-order chi connectivity index (χ1) is 8.82. The summed E-state index contributed by atoms with van der Waals surface area (Å²) in [5.74, 6) is 0.131. The summed E-state index contributed by atoms with van der Waals surface area (Å²) in [6.45, 7) is 6.12. The molecule has 1 rings (SSSR count). The Kier molecular flexibility index (Phi) is 5.79. The van der Waals surface area contributed by atoms with Crippen LogP contribution in [0.2, 0.25) is 0 Å². The highest BCUT2D eigenvalue weighted by Crippen LogP contribution is 2.29. The maximum atomic E-state index is 12.0. The third-order valence-corrected chi connectivity index (χ3v) is 4.46. The molecular weight excluding hydrogens is 244 g/mol. The van der Waals surface area contributed by atoms with Gasteiger partial charge in [0.15, 0.2) is 0 Å². The minimum atomic E-state index is -0.907. The Morgan fingerprint density at radius 2 is 2.00 bits per heavy atom. The van der Waals surface area contributed by atoms with E-state index in [2.05, 4.69) is 19.2 Å². The number of nitrogens with zero attached hydrogens (tertiary/aromatic N) is 1. The average molecular weight is 270 g/mol. The van der Waals surface area contributed by atoms with Crippen molar-refractivity contribution in [1.29, 1.82) is 0 Å². The van der Waals surface area contributed by atoms with Crippen LogP contribution in [0.4, 0.5) is 0 Å². The predicted molar refractivity (Wildman–Crippen MR) is 73.8 cm³/mol.